The highest BCUT2D eigenvalue weighted by molar-refractivity contribution is 5.87. The monoisotopic (exact) mass is 387 g/mol. The number of nitro groups is 1. The fourth-order valence-corrected chi connectivity index (χ4v) is 2.20. The zero-order chi connectivity index (χ0) is 20.4. The molecule has 0 aliphatic carbocycles. The van der Waals surface area contributed by atoms with Gasteiger partial charge in [0, 0.05) is 12.1 Å². The Bertz CT molecular complexity index is 836. The van der Waals surface area contributed by atoms with Crippen LogP contribution in [0.2, 0.25) is 0 Å². The van der Waals surface area contributed by atoms with Crippen LogP contribution in [-0.4, -0.2) is 42.7 Å². The number of anilines is 1. The van der Waals surface area contributed by atoms with Crippen molar-refractivity contribution in [3.63, 3.8) is 0 Å². The summed E-state index contributed by atoms with van der Waals surface area (Å²) < 4.78 is 15.8. The molecule has 9 heteroatoms. The van der Waals surface area contributed by atoms with Gasteiger partial charge in [0.15, 0.2) is 11.5 Å². The average Bonchev–Trinajstić information content (AvgIpc) is 2.71. The molecule has 2 aromatic rings. The molecule has 9 nitrogen and oxygen atoms in total. The Morgan fingerprint density at radius 2 is 2.11 bits per heavy atom. The molecule has 0 saturated heterocycles. The number of nitrogens with one attached hydrogen (secondary N) is 1. The van der Waals surface area contributed by atoms with Crippen LogP contribution in [0.5, 0.6) is 11.5 Å². The summed E-state index contributed by atoms with van der Waals surface area (Å²) in [5.41, 5.74) is 0.679. The molecule has 1 aromatic heterocycles. The molecular formula is C19H21N3O6. The lowest BCUT2D eigenvalue weighted by atomic mass is 10.2. The Labute approximate surface area is 162 Å². The summed E-state index contributed by atoms with van der Waals surface area (Å²) in [5, 5.41) is 13.5. The Morgan fingerprint density at radius 1 is 1.29 bits per heavy atom. The third-order valence-electron chi connectivity index (χ3n) is 3.51. The molecule has 0 radical (unpaired) electrons. The van der Waals surface area contributed by atoms with Crippen molar-refractivity contribution in [2.45, 2.75) is 6.92 Å². The van der Waals surface area contributed by atoms with E-state index in [0.717, 1.165) is 11.8 Å². The predicted molar refractivity (Wildman–Crippen MR) is 104 cm³/mol. The third-order valence-corrected chi connectivity index (χ3v) is 3.51. The summed E-state index contributed by atoms with van der Waals surface area (Å²) >= 11 is 0. The van der Waals surface area contributed by atoms with Crippen molar-refractivity contribution >= 4 is 23.6 Å². The maximum atomic E-state index is 11.8. The van der Waals surface area contributed by atoms with Crippen LogP contribution >= 0.6 is 0 Å². The van der Waals surface area contributed by atoms with E-state index in [-0.39, 0.29) is 12.3 Å². The Balaban J connectivity index is 1.78. The highest BCUT2D eigenvalue weighted by Crippen LogP contribution is 2.28. The number of aromatic nitrogens is 1. The van der Waals surface area contributed by atoms with Crippen LogP contribution in [0, 0.1) is 10.1 Å². The number of rotatable bonds is 10. The third kappa shape index (κ3) is 6.27. The molecule has 0 aliphatic rings. The van der Waals surface area contributed by atoms with E-state index >= 15 is 0 Å². The highest BCUT2D eigenvalue weighted by atomic mass is 16.6. The van der Waals surface area contributed by atoms with Gasteiger partial charge >= 0.3 is 5.97 Å². The summed E-state index contributed by atoms with van der Waals surface area (Å²) in [6.45, 7) is 2.85. The van der Waals surface area contributed by atoms with Crippen LogP contribution in [0.1, 0.15) is 12.5 Å². The SMILES string of the molecule is CCOc1ccc(/C=C/C(=O)OCCNc2ccc([N+](=O)[O-])cn2)cc1OC. The summed E-state index contributed by atoms with van der Waals surface area (Å²) in [6, 6.07) is 8.17. The number of hydrogen-bond acceptors (Lipinski definition) is 8. The van der Waals surface area contributed by atoms with E-state index < -0.39 is 10.9 Å². The summed E-state index contributed by atoms with van der Waals surface area (Å²) in [7, 11) is 1.55. The number of nitrogens with zero attached hydrogens (tertiary/aromatic N) is 2. The maximum absolute atomic E-state index is 11.8. The molecule has 0 bridgehead atoms. The minimum atomic E-state index is -0.523. The van der Waals surface area contributed by atoms with E-state index in [1.54, 1.807) is 31.4 Å². The smallest absolute Gasteiger partial charge is 0.330 e. The van der Waals surface area contributed by atoms with Gasteiger partial charge < -0.3 is 19.5 Å². The van der Waals surface area contributed by atoms with E-state index in [0.29, 0.717) is 30.5 Å². The second-order valence-corrected chi connectivity index (χ2v) is 5.43. The van der Waals surface area contributed by atoms with Crippen molar-refractivity contribution < 1.29 is 23.9 Å². The lowest BCUT2D eigenvalue weighted by Gasteiger charge is -2.09. The van der Waals surface area contributed by atoms with Gasteiger partial charge in [0.05, 0.1) is 25.2 Å². The molecular weight excluding hydrogens is 366 g/mol. The number of carbonyl (C=O) groups is 1. The van der Waals surface area contributed by atoms with Gasteiger partial charge in [-0.1, -0.05) is 6.07 Å². The second kappa shape index (κ2) is 10.5. The standard InChI is InChI=1S/C19H21N3O6/c1-3-27-16-7-4-14(12-17(16)26-2)5-9-19(23)28-11-10-20-18-8-6-15(13-21-18)22(24)25/h4-9,12-13H,3,10-11H2,1-2H3,(H,20,21)/b9-5+. The van der Waals surface area contributed by atoms with E-state index in [1.807, 2.05) is 6.92 Å². The molecule has 1 heterocycles. The first-order chi connectivity index (χ1) is 13.5. The fraction of sp³-hybridized carbons (Fsp3) is 0.263. The minimum Gasteiger partial charge on any atom is -0.493 e. The van der Waals surface area contributed by atoms with Gasteiger partial charge in [-0.3, -0.25) is 10.1 Å². The summed E-state index contributed by atoms with van der Waals surface area (Å²) in [4.78, 5) is 25.7. The number of benzene rings is 1. The normalized spacial score (nSPS) is 10.5. The van der Waals surface area contributed by atoms with Crippen molar-refractivity contribution in [2.24, 2.45) is 0 Å². The fourth-order valence-electron chi connectivity index (χ4n) is 2.20. The van der Waals surface area contributed by atoms with Gasteiger partial charge in [-0.05, 0) is 36.8 Å². The summed E-state index contributed by atoms with van der Waals surface area (Å²) in [6.07, 6.45) is 4.09. The van der Waals surface area contributed by atoms with Gasteiger partial charge in [-0.25, -0.2) is 9.78 Å². The molecule has 28 heavy (non-hydrogen) atoms. The second-order valence-electron chi connectivity index (χ2n) is 5.43. The molecule has 0 aliphatic heterocycles. The number of ether oxygens (including phenoxy) is 3. The van der Waals surface area contributed by atoms with Crippen molar-refractivity contribution in [1.82, 2.24) is 4.98 Å². The van der Waals surface area contributed by atoms with E-state index in [1.165, 1.54) is 18.2 Å². The lowest BCUT2D eigenvalue weighted by molar-refractivity contribution is -0.385. The number of pyridine rings is 1. The first-order valence-corrected chi connectivity index (χ1v) is 8.53. The van der Waals surface area contributed by atoms with Gasteiger partial charge in [-0.2, -0.15) is 0 Å². The van der Waals surface area contributed by atoms with Crippen molar-refractivity contribution in [2.75, 3.05) is 32.2 Å². The Kier molecular flexibility index (Phi) is 7.77. The number of methoxy groups -OCH3 is 1. The topological polar surface area (TPSA) is 113 Å². The lowest BCUT2D eigenvalue weighted by Crippen LogP contribution is -2.13. The molecule has 2 rings (SSSR count). The Morgan fingerprint density at radius 3 is 2.75 bits per heavy atom. The first kappa shape index (κ1) is 20.7. The first-order valence-electron chi connectivity index (χ1n) is 8.53. The quantitative estimate of drug-likeness (QED) is 0.218. The van der Waals surface area contributed by atoms with Gasteiger partial charge in [0.1, 0.15) is 18.6 Å². The van der Waals surface area contributed by atoms with E-state index in [4.69, 9.17) is 14.2 Å². The van der Waals surface area contributed by atoms with Crippen molar-refractivity contribution in [3.05, 3.63) is 58.3 Å². The van der Waals surface area contributed by atoms with Crippen LogP contribution in [0.15, 0.2) is 42.6 Å². The van der Waals surface area contributed by atoms with Gasteiger partial charge in [0.2, 0.25) is 0 Å². The molecule has 0 fully saturated rings. The molecule has 0 saturated carbocycles. The van der Waals surface area contributed by atoms with E-state index in [2.05, 4.69) is 10.3 Å². The Hall–Kier alpha value is -3.62. The molecule has 0 amide bonds. The highest BCUT2D eigenvalue weighted by Gasteiger charge is 2.06. The van der Waals surface area contributed by atoms with Crippen molar-refractivity contribution in [1.29, 1.82) is 0 Å². The predicted octanol–water partition coefficient (Wildman–Crippen LogP) is 3.07. The number of carbonyl (C=O) groups excluding carboxylic acids is 1. The molecule has 0 atom stereocenters. The van der Waals surface area contributed by atoms with Crippen LogP contribution in [0.4, 0.5) is 11.5 Å². The molecule has 0 spiro atoms. The number of esters is 1. The summed E-state index contributed by atoms with van der Waals surface area (Å²) in [5.74, 6) is 1.18. The van der Waals surface area contributed by atoms with Crippen LogP contribution in [-0.2, 0) is 9.53 Å². The average molecular weight is 387 g/mol. The molecule has 1 aromatic carbocycles. The van der Waals surface area contributed by atoms with Gasteiger partial charge in [-0.15, -0.1) is 0 Å². The van der Waals surface area contributed by atoms with Crippen molar-refractivity contribution in [3.8, 4) is 11.5 Å². The zero-order valence-corrected chi connectivity index (χ0v) is 15.6. The zero-order valence-electron chi connectivity index (χ0n) is 15.6. The number of hydrogen-bond donors (Lipinski definition) is 1. The molecule has 148 valence electrons. The maximum Gasteiger partial charge on any atom is 0.330 e. The van der Waals surface area contributed by atoms with E-state index in [9.17, 15) is 14.9 Å². The van der Waals surface area contributed by atoms with Crippen LogP contribution in [0.25, 0.3) is 6.08 Å². The van der Waals surface area contributed by atoms with Crippen LogP contribution in [0.3, 0.4) is 0 Å². The minimum absolute atomic E-state index is 0.0898. The van der Waals surface area contributed by atoms with Crippen LogP contribution < -0.4 is 14.8 Å². The largest absolute Gasteiger partial charge is 0.493 e. The molecule has 1 N–H and O–H groups in total. The van der Waals surface area contributed by atoms with Gasteiger partial charge in [0.25, 0.3) is 5.69 Å². The molecule has 0 unspecified atom stereocenters.